The van der Waals surface area contributed by atoms with Gasteiger partial charge in [-0.05, 0) is 81.9 Å². The van der Waals surface area contributed by atoms with Gasteiger partial charge in [0.05, 0.1) is 18.6 Å². The van der Waals surface area contributed by atoms with Gasteiger partial charge in [-0.2, -0.15) is 0 Å². The van der Waals surface area contributed by atoms with E-state index in [9.17, 15) is 9.59 Å². The minimum Gasteiger partial charge on any atom is -0.493 e. The smallest absolute Gasteiger partial charge is 0.293 e. The van der Waals surface area contributed by atoms with Crippen LogP contribution < -0.4 is 9.47 Å². The summed E-state index contributed by atoms with van der Waals surface area (Å²) < 4.78 is 12.6. The fourth-order valence-electron chi connectivity index (χ4n) is 3.25. The first-order valence-electron chi connectivity index (χ1n) is 9.98. The third-order valence-corrected chi connectivity index (χ3v) is 6.82. The van der Waals surface area contributed by atoms with Gasteiger partial charge < -0.3 is 9.47 Å². The van der Waals surface area contributed by atoms with Gasteiger partial charge in [0.1, 0.15) is 6.61 Å². The van der Waals surface area contributed by atoms with Crippen LogP contribution in [0.25, 0.3) is 6.08 Å². The van der Waals surface area contributed by atoms with E-state index >= 15 is 0 Å². The van der Waals surface area contributed by atoms with Crippen LogP contribution in [-0.4, -0.2) is 23.2 Å². The van der Waals surface area contributed by atoms with Crippen LogP contribution in [0.15, 0.2) is 71.6 Å². The molecule has 33 heavy (non-hydrogen) atoms. The molecule has 3 aromatic rings. The molecule has 8 heteroatoms. The van der Waals surface area contributed by atoms with E-state index < -0.39 is 0 Å². The number of imide groups is 1. The molecule has 1 fully saturated rings. The number of carbonyl (C=O) groups excluding carboxylic acids is 2. The summed E-state index contributed by atoms with van der Waals surface area (Å²) in [6, 6.07) is 20.5. The summed E-state index contributed by atoms with van der Waals surface area (Å²) in [5.41, 5.74) is 2.49. The van der Waals surface area contributed by atoms with Gasteiger partial charge in [0.25, 0.3) is 11.1 Å². The largest absolute Gasteiger partial charge is 0.493 e. The van der Waals surface area contributed by atoms with Crippen LogP contribution in [0, 0.1) is 3.57 Å². The van der Waals surface area contributed by atoms with Crippen LogP contribution in [-0.2, 0) is 17.9 Å². The molecule has 1 heterocycles. The first kappa shape index (κ1) is 23.7. The molecule has 1 aliphatic heterocycles. The van der Waals surface area contributed by atoms with Crippen molar-refractivity contribution in [2.24, 2.45) is 0 Å². The maximum Gasteiger partial charge on any atom is 0.293 e. The lowest BCUT2D eigenvalue weighted by molar-refractivity contribution is -0.123. The fourth-order valence-corrected chi connectivity index (χ4v) is 4.56. The zero-order valence-corrected chi connectivity index (χ0v) is 21.3. The number of rotatable bonds is 7. The predicted molar refractivity (Wildman–Crippen MR) is 139 cm³/mol. The standard InChI is InChI=1S/C25H19ClINO4S/c1-31-21-4-2-3-18(23(21)32-15-17-5-9-19(26)10-6-17)13-22-24(29)28(25(30)33-22)14-16-7-11-20(27)12-8-16/h2-13H,14-15H2,1H3/b22-13-. The van der Waals surface area contributed by atoms with E-state index in [0.717, 1.165) is 26.5 Å². The zero-order valence-electron chi connectivity index (χ0n) is 17.6. The SMILES string of the molecule is COc1cccc(/C=C2\SC(=O)N(Cc3ccc(I)cc3)C2=O)c1OCc1ccc(Cl)cc1. The lowest BCUT2D eigenvalue weighted by Crippen LogP contribution is -2.27. The van der Waals surface area contributed by atoms with Crippen LogP contribution in [0.2, 0.25) is 5.02 Å². The molecule has 1 saturated heterocycles. The highest BCUT2D eigenvalue weighted by Crippen LogP contribution is 2.38. The van der Waals surface area contributed by atoms with Gasteiger partial charge in [-0.15, -0.1) is 0 Å². The molecule has 0 radical (unpaired) electrons. The number of carbonyl (C=O) groups is 2. The number of methoxy groups -OCH3 is 1. The third-order valence-electron chi connectivity index (χ3n) is 4.94. The Balaban J connectivity index is 1.57. The normalized spacial score (nSPS) is 14.8. The number of thioether (sulfide) groups is 1. The van der Waals surface area contributed by atoms with E-state index in [-0.39, 0.29) is 17.7 Å². The van der Waals surface area contributed by atoms with Crippen molar-refractivity contribution in [2.75, 3.05) is 7.11 Å². The van der Waals surface area contributed by atoms with E-state index in [1.54, 1.807) is 31.4 Å². The Kier molecular flexibility index (Phi) is 7.62. The summed E-state index contributed by atoms with van der Waals surface area (Å²) in [6.45, 7) is 0.531. The van der Waals surface area contributed by atoms with Gasteiger partial charge in [-0.25, -0.2) is 0 Å². The van der Waals surface area contributed by atoms with Crippen LogP contribution >= 0.6 is 46.0 Å². The molecule has 0 atom stereocenters. The van der Waals surface area contributed by atoms with Gasteiger partial charge in [-0.3, -0.25) is 14.5 Å². The van der Waals surface area contributed by atoms with Gasteiger partial charge in [0, 0.05) is 14.2 Å². The van der Waals surface area contributed by atoms with Crippen molar-refractivity contribution in [3.63, 3.8) is 0 Å². The number of hydrogen-bond donors (Lipinski definition) is 0. The number of hydrogen-bond acceptors (Lipinski definition) is 5. The molecule has 3 aromatic carbocycles. The summed E-state index contributed by atoms with van der Waals surface area (Å²) in [6.07, 6.45) is 1.68. The Morgan fingerprint density at radius 3 is 2.39 bits per heavy atom. The molecule has 0 saturated carbocycles. The van der Waals surface area contributed by atoms with Crippen molar-refractivity contribution in [2.45, 2.75) is 13.2 Å². The minimum absolute atomic E-state index is 0.233. The highest BCUT2D eigenvalue weighted by molar-refractivity contribution is 14.1. The summed E-state index contributed by atoms with van der Waals surface area (Å²) in [7, 11) is 1.56. The number of halogens is 2. The Bertz CT molecular complexity index is 1210. The summed E-state index contributed by atoms with van der Waals surface area (Å²) in [5.74, 6) is 0.713. The first-order valence-corrected chi connectivity index (χ1v) is 12.3. The minimum atomic E-state index is -0.324. The Labute approximate surface area is 214 Å². The van der Waals surface area contributed by atoms with Gasteiger partial charge >= 0.3 is 0 Å². The van der Waals surface area contributed by atoms with Gasteiger partial charge in [0.2, 0.25) is 0 Å². The van der Waals surface area contributed by atoms with Crippen LogP contribution in [0.1, 0.15) is 16.7 Å². The average Bonchev–Trinajstić information content (AvgIpc) is 3.07. The molecule has 0 aromatic heterocycles. The molecule has 0 aliphatic carbocycles. The Hall–Kier alpha value is -2.49. The number of amides is 2. The highest BCUT2D eigenvalue weighted by atomic mass is 127. The van der Waals surface area contributed by atoms with Crippen molar-refractivity contribution < 1.29 is 19.1 Å². The van der Waals surface area contributed by atoms with Crippen LogP contribution in [0.5, 0.6) is 11.5 Å². The number of benzene rings is 3. The second kappa shape index (κ2) is 10.6. The predicted octanol–water partition coefficient (Wildman–Crippen LogP) is 6.77. The van der Waals surface area contributed by atoms with Crippen molar-refractivity contribution in [3.8, 4) is 11.5 Å². The summed E-state index contributed by atoms with van der Waals surface area (Å²) >= 11 is 9.10. The van der Waals surface area contributed by atoms with Gasteiger partial charge in [0.15, 0.2) is 11.5 Å². The molecule has 1 aliphatic rings. The van der Waals surface area contributed by atoms with Crippen molar-refractivity contribution in [3.05, 3.63) is 96.9 Å². The second-order valence-electron chi connectivity index (χ2n) is 7.19. The molecule has 0 unspecified atom stereocenters. The second-order valence-corrected chi connectivity index (χ2v) is 9.86. The zero-order chi connectivity index (χ0) is 23.4. The Morgan fingerprint density at radius 1 is 1.00 bits per heavy atom. The first-order chi connectivity index (χ1) is 15.9. The van der Waals surface area contributed by atoms with Crippen molar-refractivity contribution in [1.29, 1.82) is 0 Å². The number of para-hydroxylation sites is 1. The van der Waals surface area contributed by atoms with E-state index in [2.05, 4.69) is 22.6 Å². The van der Waals surface area contributed by atoms with E-state index in [0.29, 0.717) is 33.6 Å². The molecule has 0 N–H and O–H groups in total. The molecule has 168 valence electrons. The highest BCUT2D eigenvalue weighted by Gasteiger charge is 2.35. The van der Waals surface area contributed by atoms with Crippen LogP contribution in [0.4, 0.5) is 4.79 Å². The molecule has 2 amide bonds. The molecule has 0 spiro atoms. The fraction of sp³-hybridized carbons (Fsp3) is 0.120. The molecule has 4 rings (SSSR count). The Morgan fingerprint density at radius 2 is 1.70 bits per heavy atom. The number of nitrogens with zero attached hydrogens (tertiary/aromatic N) is 1. The quantitative estimate of drug-likeness (QED) is 0.224. The van der Waals surface area contributed by atoms with Crippen molar-refractivity contribution in [1.82, 2.24) is 4.90 Å². The maximum atomic E-state index is 13.0. The monoisotopic (exact) mass is 591 g/mol. The molecule has 0 bridgehead atoms. The van der Waals surface area contributed by atoms with Crippen LogP contribution in [0.3, 0.4) is 0 Å². The van der Waals surface area contributed by atoms with E-state index in [1.807, 2.05) is 48.5 Å². The molecular formula is C25H19ClINO4S. The molecule has 5 nitrogen and oxygen atoms in total. The van der Waals surface area contributed by atoms with Crippen molar-refractivity contribution >= 4 is 63.2 Å². The molecular weight excluding hydrogens is 573 g/mol. The topological polar surface area (TPSA) is 55.8 Å². The van der Waals surface area contributed by atoms with E-state index in [1.165, 1.54) is 4.90 Å². The summed E-state index contributed by atoms with van der Waals surface area (Å²) in [4.78, 5) is 27.2. The number of ether oxygens (including phenoxy) is 2. The van der Waals surface area contributed by atoms with E-state index in [4.69, 9.17) is 21.1 Å². The lowest BCUT2D eigenvalue weighted by atomic mass is 10.1. The van der Waals surface area contributed by atoms with Gasteiger partial charge in [-0.1, -0.05) is 48.0 Å². The summed E-state index contributed by atoms with van der Waals surface area (Å²) in [5, 5.41) is 0.356. The maximum absolute atomic E-state index is 13.0. The third kappa shape index (κ3) is 5.72. The average molecular weight is 592 g/mol. The lowest BCUT2D eigenvalue weighted by Gasteiger charge is -2.14.